The first-order chi connectivity index (χ1) is 7.59. The van der Waals surface area contributed by atoms with Gasteiger partial charge in [-0.1, -0.05) is 36.7 Å². The van der Waals surface area contributed by atoms with E-state index in [0.29, 0.717) is 5.82 Å². The average Bonchev–Trinajstić information content (AvgIpc) is 2.27. The molecule has 0 saturated heterocycles. The molecule has 0 aliphatic rings. The minimum absolute atomic E-state index is 0.0179. The van der Waals surface area contributed by atoms with E-state index in [0.717, 1.165) is 0 Å². The third kappa shape index (κ3) is 4.27. The highest BCUT2D eigenvalue weighted by Gasteiger charge is 2.06. The van der Waals surface area contributed by atoms with E-state index in [9.17, 15) is 4.79 Å². The predicted molar refractivity (Wildman–Crippen MR) is 62.5 cm³/mol. The summed E-state index contributed by atoms with van der Waals surface area (Å²) in [5, 5.41) is 6.09. The van der Waals surface area contributed by atoms with Crippen LogP contribution < -0.4 is 5.32 Å². The SMILES string of the molecule is CC(C)C(Cl)=NOC(=O)Nc1ccccn1. The molecule has 1 heterocycles. The van der Waals surface area contributed by atoms with E-state index < -0.39 is 6.09 Å². The molecule has 0 saturated carbocycles. The molecule has 1 amide bonds. The topological polar surface area (TPSA) is 63.6 Å². The van der Waals surface area contributed by atoms with Crippen LogP contribution in [0.2, 0.25) is 0 Å². The molecule has 0 fully saturated rings. The van der Waals surface area contributed by atoms with Gasteiger partial charge in [0.15, 0.2) is 0 Å². The summed E-state index contributed by atoms with van der Waals surface area (Å²) in [5.74, 6) is 0.410. The van der Waals surface area contributed by atoms with Gasteiger partial charge >= 0.3 is 6.09 Å². The van der Waals surface area contributed by atoms with Gasteiger partial charge in [0.05, 0.1) is 0 Å². The summed E-state index contributed by atoms with van der Waals surface area (Å²) < 4.78 is 0. The number of nitrogens with one attached hydrogen (secondary N) is 1. The molecule has 86 valence electrons. The van der Waals surface area contributed by atoms with Crippen LogP contribution in [0.4, 0.5) is 10.6 Å². The number of aromatic nitrogens is 1. The van der Waals surface area contributed by atoms with E-state index in [4.69, 9.17) is 11.6 Å². The van der Waals surface area contributed by atoms with E-state index in [2.05, 4.69) is 20.3 Å². The molecule has 1 aromatic heterocycles. The fraction of sp³-hybridized carbons (Fsp3) is 0.300. The first kappa shape index (κ1) is 12.4. The van der Waals surface area contributed by atoms with Crippen molar-refractivity contribution >= 4 is 28.7 Å². The van der Waals surface area contributed by atoms with Crippen molar-refractivity contribution in [3.8, 4) is 0 Å². The number of carbonyl (C=O) groups is 1. The largest absolute Gasteiger partial charge is 0.439 e. The Hall–Kier alpha value is -1.62. The Morgan fingerprint density at radius 2 is 2.31 bits per heavy atom. The molecule has 0 unspecified atom stereocenters. The first-order valence-electron chi connectivity index (χ1n) is 4.72. The van der Waals surface area contributed by atoms with Gasteiger partial charge < -0.3 is 0 Å². The van der Waals surface area contributed by atoms with Gasteiger partial charge in [0.2, 0.25) is 0 Å². The van der Waals surface area contributed by atoms with Crippen molar-refractivity contribution in [2.75, 3.05) is 5.32 Å². The summed E-state index contributed by atoms with van der Waals surface area (Å²) >= 11 is 5.69. The number of pyridine rings is 1. The first-order valence-corrected chi connectivity index (χ1v) is 5.10. The monoisotopic (exact) mass is 241 g/mol. The van der Waals surface area contributed by atoms with Gasteiger partial charge in [-0.3, -0.25) is 10.2 Å². The van der Waals surface area contributed by atoms with E-state index in [1.165, 1.54) is 0 Å². The molecule has 1 rings (SSSR count). The number of oxime groups is 1. The molecule has 0 bridgehead atoms. The fourth-order valence-electron chi connectivity index (χ4n) is 0.755. The quantitative estimate of drug-likeness (QED) is 0.503. The number of anilines is 1. The summed E-state index contributed by atoms with van der Waals surface area (Å²) in [6.07, 6.45) is 0.831. The number of rotatable bonds is 3. The van der Waals surface area contributed by atoms with Gasteiger partial charge in [-0.05, 0) is 12.1 Å². The molecule has 1 N–H and O–H groups in total. The summed E-state index contributed by atoms with van der Waals surface area (Å²) in [5.41, 5.74) is 0. The van der Waals surface area contributed by atoms with Crippen molar-refractivity contribution in [3.05, 3.63) is 24.4 Å². The van der Waals surface area contributed by atoms with Crippen LogP contribution in [-0.4, -0.2) is 16.2 Å². The fourth-order valence-corrected chi connectivity index (χ4v) is 0.789. The Labute approximate surface area is 98.5 Å². The van der Waals surface area contributed by atoms with Crippen molar-refractivity contribution in [2.45, 2.75) is 13.8 Å². The molecule has 6 heteroatoms. The predicted octanol–water partition coefficient (Wildman–Crippen LogP) is 2.84. The highest BCUT2D eigenvalue weighted by Crippen LogP contribution is 2.04. The molecule has 0 aromatic carbocycles. The number of nitrogens with zero attached hydrogens (tertiary/aromatic N) is 2. The van der Waals surface area contributed by atoms with E-state index in [-0.39, 0.29) is 11.1 Å². The van der Waals surface area contributed by atoms with Crippen molar-refractivity contribution < 1.29 is 9.63 Å². The number of amides is 1. The van der Waals surface area contributed by atoms with Gasteiger partial charge in [-0.2, -0.15) is 0 Å². The zero-order valence-corrected chi connectivity index (χ0v) is 9.73. The van der Waals surface area contributed by atoms with Crippen molar-refractivity contribution in [1.29, 1.82) is 0 Å². The van der Waals surface area contributed by atoms with E-state index in [1.54, 1.807) is 24.4 Å². The normalized spacial score (nSPS) is 11.4. The third-order valence-electron chi connectivity index (χ3n) is 1.59. The second-order valence-corrected chi connectivity index (χ2v) is 3.67. The van der Waals surface area contributed by atoms with Gasteiger partial charge in [-0.15, -0.1) is 0 Å². The van der Waals surface area contributed by atoms with Crippen LogP contribution in [0, 0.1) is 5.92 Å². The highest BCUT2D eigenvalue weighted by molar-refractivity contribution is 6.65. The summed E-state index contributed by atoms with van der Waals surface area (Å²) in [7, 11) is 0. The average molecular weight is 242 g/mol. The molecule has 0 atom stereocenters. The molecule has 5 nitrogen and oxygen atoms in total. The molecule has 0 aliphatic carbocycles. The lowest BCUT2D eigenvalue weighted by Gasteiger charge is -2.02. The second-order valence-electron chi connectivity index (χ2n) is 3.29. The van der Waals surface area contributed by atoms with Crippen LogP contribution in [0.5, 0.6) is 0 Å². The number of carbonyl (C=O) groups excluding carboxylic acids is 1. The maximum absolute atomic E-state index is 11.2. The van der Waals surface area contributed by atoms with Gasteiger partial charge in [0.25, 0.3) is 0 Å². The van der Waals surface area contributed by atoms with Crippen LogP contribution in [0.1, 0.15) is 13.8 Å². The van der Waals surface area contributed by atoms with Crippen molar-refractivity contribution in [3.63, 3.8) is 0 Å². The summed E-state index contributed by atoms with van der Waals surface area (Å²) in [4.78, 5) is 19.6. The van der Waals surface area contributed by atoms with Crippen LogP contribution in [-0.2, 0) is 4.84 Å². The Morgan fingerprint density at radius 3 is 2.88 bits per heavy atom. The molecule has 0 aliphatic heterocycles. The molecular weight excluding hydrogens is 230 g/mol. The lowest BCUT2D eigenvalue weighted by atomic mass is 10.2. The maximum atomic E-state index is 11.2. The highest BCUT2D eigenvalue weighted by atomic mass is 35.5. The van der Waals surface area contributed by atoms with Crippen molar-refractivity contribution in [2.24, 2.45) is 11.1 Å². The smallest absolute Gasteiger partial charge is 0.297 e. The zero-order valence-electron chi connectivity index (χ0n) is 8.98. The third-order valence-corrected chi connectivity index (χ3v) is 2.09. The summed E-state index contributed by atoms with van der Waals surface area (Å²) in [6.45, 7) is 3.68. The van der Waals surface area contributed by atoms with Crippen molar-refractivity contribution in [1.82, 2.24) is 4.98 Å². The van der Waals surface area contributed by atoms with E-state index in [1.807, 2.05) is 13.8 Å². The molecular formula is C10H12ClN3O2. The van der Waals surface area contributed by atoms with Crippen LogP contribution >= 0.6 is 11.6 Å². The Kier molecular flexibility index (Phi) is 4.72. The Balaban J connectivity index is 2.46. The molecule has 0 radical (unpaired) electrons. The molecule has 1 aromatic rings. The standard InChI is InChI=1S/C10H12ClN3O2/c1-7(2)9(11)14-16-10(15)13-8-5-3-4-6-12-8/h3-7H,1-2H3,(H,12,13,15). The number of hydrogen-bond acceptors (Lipinski definition) is 4. The van der Waals surface area contributed by atoms with Gasteiger partial charge in [0, 0.05) is 12.1 Å². The lowest BCUT2D eigenvalue weighted by molar-refractivity contribution is 0.166. The zero-order chi connectivity index (χ0) is 12.0. The minimum atomic E-state index is -0.725. The maximum Gasteiger partial charge on any atom is 0.439 e. The van der Waals surface area contributed by atoms with Crippen LogP contribution in [0.25, 0.3) is 0 Å². The Bertz CT molecular complexity index is 379. The second kappa shape index (κ2) is 6.07. The molecule has 0 spiro atoms. The van der Waals surface area contributed by atoms with Gasteiger partial charge in [-0.25, -0.2) is 9.78 Å². The van der Waals surface area contributed by atoms with Crippen LogP contribution in [0.3, 0.4) is 0 Å². The summed E-state index contributed by atoms with van der Waals surface area (Å²) in [6, 6.07) is 5.12. The molecule has 16 heavy (non-hydrogen) atoms. The Morgan fingerprint density at radius 1 is 1.56 bits per heavy atom. The van der Waals surface area contributed by atoms with Gasteiger partial charge in [0.1, 0.15) is 11.0 Å². The number of halogens is 1. The lowest BCUT2D eigenvalue weighted by Crippen LogP contribution is -2.13. The van der Waals surface area contributed by atoms with Crippen LogP contribution in [0.15, 0.2) is 29.6 Å². The number of hydrogen-bond donors (Lipinski definition) is 1. The minimum Gasteiger partial charge on any atom is -0.297 e. The van der Waals surface area contributed by atoms with E-state index >= 15 is 0 Å².